The van der Waals surface area contributed by atoms with Gasteiger partial charge < -0.3 is 0 Å². The standard InChI is InChI=1S/C66H40N4O.Pt/c1-3-19-63-61(17-1)67-43-69(63)65-57-13-7-14-58(65)50-35-27-46(28-36-50)22-24-48-31-39-52(40-32-48)60-16-8-15-59(51-37-29-47(30-38-51)23-21-45-25-33-49(57)34-26-45)66(60)70-44-68(62-18-2-4-20-64(62)70)54-10-6-12-56(42-54)71-55-11-5-9-53(67)41-55;/h1-40H;/q-2;. The molecule has 0 aliphatic carbocycles. The average molecular weight is 1100 g/mol. The van der Waals surface area contributed by atoms with Crippen molar-refractivity contribution in [2.75, 3.05) is 19.6 Å². The molecule has 6 heteroatoms. The fourth-order valence-corrected chi connectivity index (χ4v) is 14.3. The molecule has 0 amide bonds. The van der Waals surface area contributed by atoms with Crippen LogP contribution in [-0.2, 0) is 17.6 Å². The summed E-state index contributed by atoms with van der Waals surface area (Å²) < 4.78 is 9.07. The molecule has 0 N–H and O–H groups in total. The van der Waals surface area contributed by atoms with Gasteiger partial charge in [-0.15, -0.1) is 0 Å². The van der Waals surface area contributed by atoms with Crippen molar-refractivity contribution < 1.29 is 22.4 Å². The van der Waals surface area contributed by atoms with Crippen LogP contribution in [0.5, 0.6) is 11.5 Å². The van der Waals surface area contributed by atoms with Crippen LogP contribution in [0.4, 0.5) is 45.5 Å². The summed E-state index contributed by atoms with van der Waals surface area (Å²) in [6.45, 7) is 0. The Hall–Kier alpha value is -8.89. The molecule has 0 spiro atoms. The predicted octanol–water partition coefficient (Wildman–Crippen LogP) is 16.6. The van der Waals surface area contributed by atoms with E-state index in [4.69, 9.17) is 4.74 Å². The van der Waals surface area contributed by atoms with Gasteiger partial charge in [0.2, 0.25) is 0 Å². The maximum absolute atomic E-state index is 6.77. The fourth-order valence-electron chi connectivity index (χ4n) is 10.7. The van der Waals surface area contributed by atoms with Crippen molar-refractivity contribution in [1.29, 1.82) is 0 Å². The molecule has 0 aromatic heterocycles. The SMILES string of the molecule is [c-]1c2cccc1N1[C]3=[Pt]=[C]4N(c5[c-]c(ccc5)O2)c2ccccc2N4c2c4cccc2-c2ccc(cc2)C=Cc2ccc(cc2)-c2cccc(c2N3c2ccccc21)-c1ccc(cc1)C=Cc1ccc-4cc1. The van der Waals surface area contributed by atoms with Gasteiger partial charge in [0.1, 0.15) is 0 Å². The molecule has 0 atom stereocenters. The van der Waals surface area contributed by atoms with E-state index in [1.807, 2.05) is 12.1 Å². The van der Waals surface area contributed by atoms with Crippen molar-refractivity contribution in [1.82, 2.24) is 0 Å². The average Bonchev–Trinajstić information content (AvgIpc) is 3.93. The summed E-state index contributed by atoms with van der Waals surface area (Å²) in [5, 5.41) is 0. The quantitative estimate of drug-likeness (QED) is 0.141. The van der Waals surface area contributed by atoms with Crippen LogP contribution in [0, 0.1) is 12.1 Å². The van der Waals surface area contributed by atoms with Crippen LogP contribution in [0.25, 0.3) is 68.8 Å². The predicted molar refractivity (Wildman–Crippen MR) is 295 cm³/mol. The van der Waals surface area contributed by atoms with E-state index in [9.17, 15) is 0 Å². The van der Waals surface area contributed by atoms with Crippen molar-refractivity contribution in [3.63, 3.8) is 0 Å². The van der Waals surface area contributed by atoms with Gasteiger partial charge in [0.05, 0.1) is 0 Å². The van der Waals surface area contributed by atoms with Crippen molar-refractivity contribution in [3.8, 4) is 56.0 Å². The Morgan fingerprint density at radius 2 is 0.597 bits per heavy atom. The van der Waals surface area contributed by atoms with Crippen molar-refractivity contribution in [2.45, 2.75) is 0 Å². The van der Waals surface area contributed by atoms with Crippen LogP contribution >= 0.6 is 0 Å². The second-order valence-electron chi connectivity index (χ2n) is 18.3. The third kappa shape index (κ3) is 6.58. The van der Waals surface area contributed by atoms with Crippen molar-refractivity contribution in [3.05, 3.63) is 253 Å². The van der Waals surface area contributed by atoms with E-state index in [-0.39, 0.29) is 0 Å². The third-order valence-corrected chi connectivity index (χ3v) is 17.1. The second-order valence-corrected chi connectivity index (χ2v) is 20.9. The molecule has 0 saturated heterocycles. The van der Waals surface area contributed by atoms with Gasteiger partial charge in [0.15, 0.2) is 0 Å². The summed E-state index contributed by atoms with van der Waals surface area (Å²) in [5.41, 5.74) is 22.0. The first-order valence-corrected chi connectivity index (χ1v) is 26.4. The number of anilines is 8. The van der Waals surface area contributed by atoms with Gasteiger partial charge in [-0.25, -0.2) is 0 Å². The van der Waals surface area contributed by atoms with E-state index in [1.165, 1.54) is 0 Å². The molecule has 10 aromatic rings. The Labute approximate surface area is 426 Å². The minimum absolute atomic E-state index is 0.623. The molecule has 16 bridgehead atoms. The summed E-state index contributed by atoms with van der Waals surface area (Å²) in [5.74, 6) is 1.25. The Morgan fingerprint density at radius 1 is 0.292 bits per heavy atom. The van der Waals surface area contributed by atoms with Crippen LogP contribution in [0.3, 0.4) is 0 Å². The molecule has 72 heavy (non-hydrogen) atoms. The summed E-state index contributed by atoms with van der Waals surface area (Å²) in [6.07, 6.45) is 8.87. The summed E-state index contributed by atoms with van der Waals surface area (Å²) >= 11 is -1.25. The second kappa shape index (κ2) is 16.3. The van der Waals surface area contributed by atoms with E-state index in [0.29, 0.717) is 11.5 Å². The summed E-state index contributed by atoms with van der Waals surface area (Å²) in [4.78, 5) is 10.1. The van der Waals surface area contributed by atoms with Gasteiger partial charge >= 0.3 is 429 Å². The van der Waals surface area contributed by atoms with E-state index in [2.05, 4.69) is 262 Å². The van der Waals surface area contributed by atoms with Gasteiger partial charge in [-0.3, -0.25) is 0 Å². The molecule has 0 saturated carbocycles. The molecule has 0 unspecified atom stereocenters. The Kier molecular flexibility index (Phi) is 9.30. The van der Waals surface area contributed by atoms with Crippen molar-refractivity contribution in [2.24, 2.45) is 0 Å². The molecule has 10 aromatic carbocycles. The van der Waals surface area contributed by atoms with E-state index < -0.39 is 17.6 Å². The van der Waals surface area contributed by atoms with Crippen molar-refractivity contribution >= 4 is 78.1 Å². The number of rotatable bonds is 0. The van der Waals surface area contributed by atoms with E-state index in [1.54, 1.807) is 0 Å². The Morgan fingerprint density at radius 3 is 0.931 bits per heavy atom. The van der Waals surface area contributed by atoms with E-state index in [0.717, 1.165) is 121 Å². The topological polar surface area (TPSA) is 22.2 Å². The molecule has 0 radical (unpaired) electrons. The monoisotopic (exact) mass is 1100 g/mol. The number of nitrogens with zero attached hydrogens (tertiary/aromatic N) is 4. The van der Waals surface area contributed by atoms with Crippen LogP contribution in [0.1, 0.15) is 22.3 Å². The zero-order chi connectivity index (χ0) is 47.3. The zero-order valence-electron chi connectivity index (χ0n) is 38.6. The van der Waals surface area contributed by atoms with Gasteiger partial charge in [-0.1, -0.05) is 0 Å². The minimum atomic E-state index is -1.25. The molecule has 5 nitrogen and oxygen atoms in total. The van der Waals surface area contributed by atoms with Crippen LogP contribution in [0.2, 0.25) is 0 Å². The van der Waals surface area contributed by atoms with Crippen LogP contribution in [-0.4, -0.2) is 8.29 Å². The van der Waals surface area contributed by atoms with Crippen LogP contribution in [0.15, 0.2) is 218 Å². The molecular weight excluding hydrogens is 1060 g/mol. The molecule has 342 valence electrons. The van der Waals surface area contributed by atoms with Gasteiger partial charge in [0.25, 0.3) is 0 Å². The fraction of sp³-hybridized carbons (Fsp3) is 0. The maximum atomic E-state index is 6.77. The van der Waals surface area contributed by atoms with Crippen LogP contribution < -0.4 is 24.3 Å². The van der Waals surface area contributed by atoms with Gasteiger partial charge in [-0.2, -0.15) is 0 Å². The van der Waals surface area contributed by atoms with E-state index >= 15 is 0 Å². The number of hydrogen-bond donors (Lipinski definition) is 0. The molecule has 9 aliphatic rings. The van der Waals surface area contributed by atoms with Gasteiger partial charge in [-0.05, 0) is 0 Å². The first-order chi connectivity index (χ1) is 35.7. The molecule has 9 heterocycles. The first kappa shape index (κ1) is 40.9. The number of hydrogen-bond acceptors (Lipinski definition) is 5. The molecular formula is C66H40N4OPt-2. The molecule has 0 fully saturated rings. The Balaban J connectivity index is 1.18. The molecule has 9 aliphatic heterocycles. The number of ether oxygens (including phenoxy) is 1. The summed E-state index contributed by atoms with van der Waals surface area (Å²) in [7, 11) is 0. The molecule has 19 rings (SSSR count). The number of fused-ring (bicyclic) bond motifs is 14. The Bertz CT molecular complexity index is 3610. The number of benzene rings is 10. The third-order valence-electron chi connectivity index (χ3n) is 14.1. The summed E-state index contributed by atoms with van der Waals surface area (Å²) in [6, 6.07) is 87.6. The zero-order valence-corrected chi connectivity index (χ0v) is 40.9. The first-order valence-electron chi connectivity index (χ1n) is 24.1. The number of para-hydroxylation sites is 6. The van der Waals surface area contributed by atoms with Gasteiger partial charge in [0, 0.05) is 0 Å². The normalized spacial score (nSPS) is 14.3.